The second-order valence-corrected chi connectivity index (χ2v) is 6.67. The number of thiophene rings is 1. The van der Waals surface area contributed by atoms with Crippen LogP contribution in [0.5, 0.6) is 0 Å². The van der Waals surface area contributed by atoms with Crippen molar-refractivity contribution in [1.82, 2.24) is 5.32 Å². The number of benzene rings is 1. The third-order valence-corrected chi connectivity index (χ3v) is 4.89. The summed E-state index contributed by atoms with van der Waals surface area (Å²) in [5.74, 6) is -0.214. The summed E-state index contributed by atoms with van der Waals surface area (Å²) < 4.78 is 9.83. The molecule has 1 amide bonds. The molecule has 0 bridgehead atoms. The SMILES string of the molecule is COC(=O)c1ccc(C(=O)NCc2ccc(C(O)c3ccco3)s2)cc1. The highest BCUT2D eigenvalue weighted by molar-refractivity contribution is 7.12. The van der Waals surface area contributed by atoms with Crippen molar-refractivity contribution >= 4 is 23.2 Å². The average Bonchev–Trinajstić information content (AvgIpc) is 3.37. The van der Waals surface area contributed by atoms with Gasteiger partial charge in [0.2, 0.25) is 0 Å². The first-order valence-corrected chi connectivity index (χ1v) is 8.67. The number of methoxy groups -OCH3 is 1. The quantitative estimate of drug-likeness (QED) is 0.650. The van der Waals surface area contributed by atoms with Gasteiger partial charge in [-0.3, -0.25) is 4.79 Å². The summed E-state index contributed by atoms with van der Waals surface area (Å²) in [5.41, 5.74) is 0.837. The fourth-order valence-corrected chi connectivity index (χ4v) is 3.32. The Morgan fingerprint density at radius 3 is 2.54 bits per heavy atom. The van der Waals surface area contributed by atoms with Crippen LogP contribution < -0.4 is 5.32 Å². The van der Waals surface area contributed by atoms with Gasteiger partial charge in [-0.25, -0.2) is 4.79 Å². The lowest BCUT2D eigenvalue weighted by molar-refractivity contribution is 0.0600. The highest BCUT2D eigenvalue weighted by Crippen LogP contribution is 2.28. The van der Waals surface area contributed by atoms with E-state index in [0.29, 0.717) is 23.4 Å². The van der Waals surface area contributed by atoms with E-state index in [1.54, 1.807) is 36.4 Å². The molecule has 0 aliphatic rings. The molecular weight excluding hydrogens is 354 g/mol. The van der Waals surface area contributed by atoms with Crippen molar-refractivity contribution in [3.05, 3.63) is 81.4 Å². The lowest BCUT2D eigenvalue weighted by Crippen LogP contribution is -2.22. The standard InChI is InChI=1S/C19H17NO5S/c1-24-19(23)13-6-4-12(5-7-13)18(22)20-11-14-8-9-16(26-14)17(21)15-3-2-10-25-15/h2-10,17,21H,11H2,1H3,(H,20,22). The first-order chi connectivity index (χ1) is 12.6. The first-order valence-electron chi connectivity index (χ1n) is 7.85. The number of hydrogen-bond acceptors (Lipinski definition) is 6. The van der Waals surface area contributed by atoms with Gasteiger partial charge >= 0.3 is 5.97 Å². The van der Waals surface area contributed by atoms with Crippen molar-refractivity contribution in [1.29, 1.82) is 0 Å². The maximum Gasteiger partial charge on any atom is 0.337 e. The average molecular weight is 371 g/mol. The van der Waals surface area contributed by atoms with Gasteiger partial charge < -0.3 is 19.6 Å². The van der Waals surface area contributed by atoms with Crippen molar-refractivity contribution in [3.63, 3.8) is 0 Å². The smallest absolute Gasteiger partial charge is 0.337 e. The topological polar surface area (TPSA) is 88.8 Å². The molecule has 3 aromatic rings. The van der Waals surface area contributed by atoms with Gasteiger partial charge in [-0.15, -0.1) is 11.3 Å². The molecule has 2 N–H and O–H groups in total. The number of carbonyl (C=O) groups is 2. The molecule has 1 aromatic carbocycles. The fourth-order valence-electron chi connectivity index (χ4n) is 2.37. The van der Waals surface area contributed by atoms with Gasteiger partial charge in [0.1, 0.15) is 11.9 Å². The molecule has 1 atom stereocenters. The Morgan fingerprint density at radius 2 is 1.88 bits per heavy atom. The largest absolute Gasteiger partial charge is 0.466 e. The van der Waals surface area contributed by atoms with Crippen LogP contribution in [0.25, 0.3) is 0 Å². The normalized spacial score (nSPS) is 11.8. The summed E-state index contributed by atoms with van der Waals surface area (Å²) in [6.45, 7) is 0.340. The van der Waals surface area contributed by atoms with Gasteiger partial charge in [-0.05, 0) is 48.5 Å². The summed E-state index contributed by atoms with van der Waals surface area (Å²) in [7, 11) is 1.31. The van der Waals surface area contributed by atoms with Crippen molar-refractivity contribution in [2.24, 2.45) is 0 Å². The summed E-state index contributed by atoms with van der Waals surface area (Å²) in [6.07, 6.45) is 0.698. The van der Waals surface area contributed by atoms with Crippen molar-refractivity contribution in [3.8, 4) is 0 Å². The molecule has 6 nitrogen and oxygen atoms in total. The van der Waals surface area contributed by atoms with Crippen LogP contribution in [0.3, 0.4) is 0 Å². The Labute approximate surface area is 154 Å². The van der Waals surface area contributed by atoms with Crippen molar-refractivity contribution in [2.45, 2.75) is 12.6 Å². The third kappa shape index (κ3) is 4.01. The van der Waals surface area contributed by atoms with Gasteiger partial charge in [-0.2, -0.15) is 0 Å². The number of furan rings is 1. The predicted octanol–water partition coefficient (Wildman–Crippen LogP) is 3.14. The molecule has 0 aliphatic carbocycles. The predicted molar refractivity (Wildman–Crippen MR) is 96.0 cm³/mol. The number of amides is 1. The van der Waals surface area contributed by atoms with Gasteiger partial charge in [0.15, 0.2) is 0 Å². The van der Waals surface area contributed by atoms with E-state index in [2.05, 4.69) is 10.1 Å². The van der Waals surface area contributed by atoms with E-state index in [-0.39, 0.29) is 5.91 Å². The molecule has 2 heterocycles. The van der Waals surface area contributed by atoms with Gasteiger partial charge in [0.25, 0.3) is 5.91 Å². The Morgan fingerprint density at radius 1 is 1.15 bits per heavy atom. The maximum absolute atomic E-state index is 12.2. The molecule has 7 heteroatoms. The van der Waals surface area contributed by atoms with Crippen LogP contribution in [0.15, 0.2) is 59.2 Å². The third-order valence-electron chi connectivity index (χ3n) is 3.76. The summed E-state index contributed by atoms with van der Waals surface area (Å²) >= 11 is 1.40. The highest BCUT2D eigenvalue weighted by atomic mass is 32.1. The van der Waals surface area contributed by atoms with E-state index in [0.717, 1.165) is 9.75 Å². The lowest BCUT2D eigenvalue weighted by atomic mass is 10.1. The number of aliphatic hydroxyl groups is 1. The van der Waals surface area contributed by atoms with Crippen LogP contribution in [-0.4, -0.2) is 24.1 Å². The van der Waals surface area contributed by atoms with Crippen LogP contribution in [0, 0.1) is 0 Å². The zero-order valence-electron chi connectivity index (χ0n) is 14.0. The monoisotopic (exact) mass is 371 g/mol. The van der Waals surface area contributed by atoms with Crippen LogP contribution in [0.2, 0.25) is 0 Å². The number of hydrogen-bond donors (Lipinski definition) is 2. The Kier molecular flexibility index (Phi) is 5.50. The zero-order chi connectivity index (χ0) is 18.5. The molecular formula is C19H17NO5S. The van der Waals surface area contributed by atoms with E-state index in [1.165, 1.54) is 24.7 Å². The van der Waals surface area contributed by atoms with Crippen LogP contribution in [-0.2, 0) is 11.3 Å². The summed E-state index contributed by atoms with van der Waals surface area (Å²) in [6, 6.07) is 13.3. The molecule has 2 aromatic heterocycles. The molecule has 0 aliphatic heterocycles. The van der Waals surface area contributed by atoms with Crippen LogP contribution in [0.4, 0.5) is 0 Å². The van der Waals surface area contributed by atoms with E-state index < -0.39 is 12.1 Å². The lowest BCUT2D eigenvalue weighted by Gasteiger charge is -2.05. The molecule has 0 fully saturated rings. The minimum absolute atomic E-state index is 0.247. The Balaban J connectivity index is 1.59. The second kappa shape index (κ2) is 7.99. The van der Waals surface area contributed by atoms with Crippen molar-refractivity contribution in [2.75, 3.05) is 7.11 Å². The summed E-state index contributed by atoms with van der Waals surface area (Å²) in [4.78, 5) is 25.3. The molecule has 1 unspecified atom stereocenters. The highest BCUT2D eigenvalue weighted by Gasteiger charge is 2.16. The van der Waals surface area contributed by atoms with Crippen LogP contribution in [0.1, 0.15) is 42.3 Å². The van der Waals surface area contributed by atoms with Gasteiger partial charge in [0, 0.05) is 15.3 Å². The number of carbonyl (C=O) groups excluding carboxylic acids is 2. The summed E-state index contributed by atoms with van der Waals surface area (Å²) in [5, 5.41) is 13.0. The van der Waals surface area contributed by atoms with Gasteiger partial charge in [0.05, 0.1) is 25.5 Å². The zero-order valence-corrected chi connectivity index (χ0v) is 14.8. The molecule has 0 saturated carbocycles. The van der Waals surface area contributed by atoms with E-state index >= 15 is 0 Å². The Bertz CT molecular complexity index is 883. The second-order valence-electron chi connectivity index (χ2n) is 5.47. The molecule has 0 radical (unpaired) electrons. The number of esters is 1. The Hall–Kier alpha value is -2.90. The molecule has 0 saturated heterocycles. The van der Waals surface area contributed by atoms with Crippen molar-refractivity contribution < 1.29 is 23.8 Å². The fraction of sp³-hybridized carbons (Fsp3) is 0.158. The minimum Gasteiger partial charge on any atom is -0.466 e. The molecule has 0 spiro atoms. The number of rotatable bonds is 6. The van der Waals surface area contributed by atoms with Crippen LogP contribution >= 0.6 is 11.3 Å². The number of aliphatic hydroxyl groups excluding tert-OH is 1. The van der Waals surface area contributed by atoms with E-state index in [9.17, 15) is 14.7 Å². The van der Waals surface area contributed by atoms with Gasteiger partial charge in [-0.1, -0.05) is 0 Å². The maximum atomic E-state index is 12.2. The molecule has 3 rings (SSSR count). The first kappa shape index (κ1) is 17.9. The van der Waals surface area contributed by atoms with E-state index in [4.69, 9.17) is 4.42 Å². The van der Waals surface area contributed by atoms with E-state index in [1.807, 2.05) is 12.1 Å². The minimum atomic E-state index is -0.815. The molecule has 134 valence electrons. The number of nitrogens with one attached hydrogen (secondary N) is 1. The molecule has 26 heavy (non-hydrogen) atoms. The number of ether oxygens (including phenoxy) is 1.